The van der Waals surface area contributed by atoms with Gasteiger partial charge in [0.15, 0.2) is 16.3 Å². The lowest BCUT2D eigenvalue weighted by atomic mass is 10.2. The molecule has 3 aromatic rings. The van der Waals surface area contributed by atoms with Crippen LogP contribution < -0.4 is 9.64 Å². The number of rotatable bonds is 5. The molecule has 0 fully saturated rings. The van der Waals surface area contributed by atoms with E-state index in [-0.39, 0.29) is 0 Å². The summed E-state index contributed by atoms with van der Waals surface area (Å²) in [5, 5.41) is 0.759. The summed E-state index contributed by atoms with van der Waals surface area (Å²) in [6, 6.07) is 8.08. The van der Waals surface area contributed by atoms with Gasteiger partial charge in [-0.3, -0.25) is 4.58 Å². The summed E-state index contributed by atoms with van der Waals surface area (Å²) in [5.74, 6) is 2.54. The Morgan fingerprint density at radius 1 is 1.23 bits per heavy atom. The molecular weight excluding hydrogens is 348 g/mol. The van der Waals surface area contributed by atoms with E-state index < -0.39 is 0 Å². The van der Waals surface area contributed by atoms with Gasteiger partial charge in [-0.25, -0.2) is 14.9 Å². The van der Waals surface area contributed by atoms with E-state index in [0.717, 1.165) is 46.7 Å². The van der Waals surface area contributed by atoms with Crippen LogP contribution in [0.25, 0.3) is 11.2 Å². The molecule has 134 valence electrons. The number of fused-ring (bicyclic) bond motifs is 1. The number of imidazole rings is 1. The molecule has 1 aromatic carbocycles. The van der Waals surface area contributed by atoms with Crippen molar-refractivity contribution in [2.75, 3.05) is 32.1 Å². The number of methoxy groups -OCH3 is 1. The van der Waals surface area contributed by atoms with Gasteiger partial charge in [0.05, 0.1) is 20.5 Å². The fourth-order valence-corrected chi connectivity index (χ4v) is 3.68. The molecule has 1 aliphatic heterocycles. The first kappa shape index (κ1) is 16.8. The third kappa shape index (κ3) is 3.24. The number of nitrogens with zero attached hydrogens (tertiary/aromatic N) is 6. The predicted octanol–water partition coefficient (Wildman–Crippen LogP) is 2.15. The molecule has 3 heterocycles. The van der Waals surface area contributed by atoms with Gasteiger partial charge in [-0.2, -0.15) is 4.98 Å². The first-order valence-corrected chi connectivity index (χ1v) is 9.39. The molecule has 26 heavy (non-hydrogen) atoms. The minimum atomic E-state index is 0.759. The number of hydrogen-bond acceptors (Lipinski definition) is 6. The number of likely N-dealkylation sites (N-methyl/N-ethyl adjacent to an activating group) is 1. The van der Waals surface area contributed by atoms with Crippen molar-refractivity contribution < 1.29 is 9.31 Å². The Morgan fingerprint density at radius 3 is 2.73 bits per heavy atom. The van der Waals surface area contributed by atoms with E-state index in [1.807, 2.05) is 23.7 Å². The second-order valence-electron chi connectivity index (χ2n) is 6.28. The van der Waals surface area contributed by atoms with Crippen molar-refractivity contribution in [1.82, 2.24) is 19.5 Å². The van der Waals surface area contributed by atoms with Gasteiger partial charge in [0.2, 0.25) is 6.34 Å². The number of hydrogen-bond donors (Lipinski definition) is 0. The molecule has 0 N–H and O–H groups in total. The summed E-state index contributed by atoms with van der Waals surface area (Å²) in [5.41, 5.74) is 2.90. The smallest absolute Gasteiger partial charge is 0.253 e. The van der Waals surface area contributed by atoms with Crippen LogP contribution in [0.1, 0.15) is 5.56 Å². The van der Waals surface area contributed by atoms with Crippen molar-refractivity contribution in [3.8, 4) is 5.75 Å². The van der Waals surface area contributed by atoms with Gasteiger partial charge in [-0.15, -0.1) is 0 Å². The topological polar surface area (TPSA) is 59.1 Å². The van der Waals surface area contributed by atoms with E-state index >= 15 is 0 Å². The summed E-state index contributed by atoms with van der Waals surface area (Å²) in [4.78, 5) is 16.2. The van der Waals surface area contributed by atoms with E-state index in [0.29, 0.717) is 0 Å². The lowest BCUT2D eigenvalue weighted by molar-refractivity contribution is -0.481. The van der Waals surface area contributed by atoms with Gasteiger partial charge >= 0.3 is 0 Å². The Labute approximate surface area is 156 Å². The molecule has 4 rings (SSSR count). The normalized spacial score (nSPS) is 14.1. The van der Waals surface area contributed by atoms with Crippen molar-refractivity contribution in [3.63, 3.8) is 0 Å². The van der Waals surface area contributed by atoms with Crippen LogP contribution in [0.15, 0.2) is 35.7 Å². The molecule has 0 aliphatic carbocycles. The maximum atomic E-state index is 5.21. The van der Waals surface area contributed by atoms with Crippen LogP contribution in [0, 0.1) is 0 Å². The first-order chi connectivity index (χ1) is 12.6. The van der Waals surface area contributed by atoms with Crippen LogP contribution >= 0.6 is 11.8 Å². The van der Waals surface area contributed by atoms with Crippen LogP contribution in [0.2, 0.25) is 0 Å². The Kier molecular flexibility index (Phi) is 4.50. The minimum absolute atomic E-state index is 0.759. The Balaban J connectivity index is 1.63. The molecule has 8 heteroatoms. The lowest BCUT2D eigenvalue weighted by Crippen LogP contribution is -2.20. The molecule has 2 aromatic heterocycles. The number of ether oxygens (including phenoxy) is 1. The zero-order chi connectivity index (χ0) is 18.1. The average molecular weight is 369 g/mol. The molecule has 0 saturated heterocycles. The summed E-state index contributed by atoms with van der Waals surface area (Å²) < 4.78 is 9.31. The SMILES string of the molecule is COc1ccc(CSc2nc(N3C=[N+](C)CC3)c3ncn(C)c3n2)cc1. The molecule has 1 aliphatic rings. The van der Waals surface area contributed by atoms with Gasteiger partial charge in [-0.05, 0) is 17.7 Å². The number of anilines is 1. The van der Waals surface area contributed by atoms with Crippen molar-refractivity contribution in [2.45, 2.75) is 10.9 Å². The van der Waals surface area contributed by atoms with Gasteiger partial charge in [0, 0.05) is 12.8 Å². The van der Waals surface area contributed by atoms with Crippen LogP contribution in [-0.2, 0) is 12.8 Å². The molecule has 0 saturated carbocycles. The first-order valence-electron chi connectivity index (χ1n) is 8.41. The molecule has 0 radical (unpaired) electrons. The Bertz CT molecular complexity index is 966. The van der Waals surface area contributed by atoms with Crippen LogP contribution in [-0.4, -0.2) is 57.7 Å². The standard InChI is InChI=1S/C18H21N6OS/c1-22-8-9-24(12-22)17-15-16(23(2)11-19-15)20-18(21-17)26-10-13-4-6-14(25-3)7-5-13/h4-7,11-12H,8-10H2,1-3H3/q+1. The second-order valence-corrected chi connectivity index (χ2v) is 7.23. The number of thioether (sulfide) groups is 1. The minimum Gasteiger partial charge on any atom is -0.497 e. The van der Waals surface area contributed by atoms with Crippen molar-refractivity contribution in [1.29, 1.82) is 0 Å². The van der Waals surface area contributed by atoms with E-state index in [1.54, 1.807) is 25.2 Å². The van der Waals surface area contributed by atoms with Crippen LogP contribution in [0.3, 0.4) is 0 Å². The third-order valence-corrected chi connectivity index (χ3v) is 5.27. The predicted molar refractivity (Wildman–Crippen MR) is 103 cm³/mol. The number of aryl methyl sites for hydroxylation is 1. The summed E-state index contributed by atoms with van der Waals surface area (Å²) >= 11 is 1.63. The van der Waals surface area contributed by atoms with Crippen LogP contribution in [0.5, 0.6) is 5.75 Å². The van der Waals surface area contributed by atoms with Gasteiger partial charge < -0.3 is 9.30 Å². The summed E-state index contributed by atoms with van der Waals surface area (Å²) in [6.07, 6.45) is 3.87. The average Bonchev–Trinajstić information content (AvgIpc) is 3.26. The molecule has 0 spiro atoms. The van der Waals surface area contributed by atoms with Crippen LogP contribution in [0.4, 0.5) is 5.82 Å². The van der Waals surface area contributed by atoms with E-state index in [1.165, 1.54) is 5.56 Å². The molecule has 0 atom stereocenters. The largest absolute Gasteiger partial charge is 0.497 e. The van der Waals surface area contributed by atoms with Crippen molar-refractivity contribution in [3.05, 3.63) is 36.2 Å². The fraction of sp³-hybridized carbons (Fsp3) is 0.333. The van der Waals surface area contributed by atoms with Crippen molar-refractivity contribution in [2.24, 2.45) is 7.05 Å². The highest BCUT2D eigenvalue weighted by Gasteiger charge is 2.26. The van der Waals surface area contributed by atoms with E-state index in [4.69, 9.17) is 14.7 Å². The second kappa shape index (κ2) is 6.95. The van der Waals surface area contributed by atoms with E-state index in [9.17, 15) is 0 Å². The highest BCUT2D eigenvalue weighted by atomic mass is 32.2. The molecule has 0 bridgehead atoms. The highest BCUT2D eigenvalue weighted by molar-refractivity contribution is 7.98. The highest BCUT2D eigenvalue weighted by Crippen LogP contribution is 2.28. The lowest BCUT2D eigenvalue weighted by Gasteiger charge is -2.08. The molecular formula is C18H21N6OS+. The third-order valence-electron chi connectivity index (χ3n) is 4.35. The molecule has 0 amide bonds. The maximum absolute atomic E-state index is 5.21. The zero-order valence-electron chi connectivity index (χ0n) is 15.1. The van der Waals surface area contributed by atoms with Crippen molar-refractivity contribution >= 4 is 35.1 Å². The maximum Gasteiger partial charge on any atom is 0.253 e. The van der Waals surface area contributed by atoms with Gasteiger partial charge in [0.25, 0.3) is 5.82 Å². The van der Waals surface area contributed by atoms with E-state index in [2.05, 4.69) is 40.0 Å². The summed E-state index contributed by atoms with van der Waals surface area (Å²) in [6.45, 7) is 1.88. The number of aromatic nitrogens is 4. The van der Waals surface area contributed by atoms with Gasteiger partial charge in [0.1, 0.15) is 18.8 Å². The van der Waals surface area contributed by atoms with Gasteiger partial charge in [-0.1, -0.05) is 23.9 Å². The Morgan fingerprint density at radius 2 is 2.04 bits per heavy atom. The number of benzene rings is 1. The fourth-order valence-electron chi connectivity index (χ4n) is 2.89. The summed E-state index contributed by atoms with van der Waals surface area (Å²) in [7, 11) is 5.70. The quantitative estimate of drug-likeness (QED) is 0.390. The molecule has 7 nitrogen and oxygen atoms in total. The zero-order valence-corrected chi connectivity index (χ0v) is 15.9. The Hall–Kier alpha value is -2.61. The molecule has 0 unspecified atom stereocenters. The monoisotopic (exact) mass is 369 g/mol.